The van der Waals surface area contributed by atoms with Crippen LogP contribution in [-0.2, 0) is 16.0 Å². The molecule has 0 bridgehead atoms. The van der Waals surface area contributed by atoms with Gasteiger partial charge in [0.1, 0.15) is 12.1 Å². The zero-order valence-corrected chi connectivity index (χ0v) is 22.6. The van der Waals surface area contributed by atoms with Crippen LogP contribution in [0.1, 0.15) is 45.6 Å². The normalized spacial score (nSPS) is 21.3. The Morgan fingerprint density at radius 2 is 1.71 bits per heavy atom. The number of nitrogens with zero attached hydrogens (tertiary/aromatic N) is 2. The third-order valence-electron chi connectivity index (χ3n) is 7.41. The average Bonchev–Trinajstić information content (AvgIpc) is 3.66. The van der Waals surface area contributed by atoms with E-state index < -0.39 is 18.2 Å². The molecule has 2 aromatic rings. The van der Waals surface area contributed by atoms with E-state index in [9.17, 15) is 14.7 Å². The lowest BCUT2D eigenvalue weighted by Crippen LogP contribution is -2.56. The number of carbonyl (C=O) groups is 2. The lowest BCUT2D eigenvalue weighted by atomic mass is 10.0. The topological polar surface area (TPSA) is 125 Å². The number of β-amino-alcohol motifs (C(OH)–C–C–N with tert-alkyl or cyclic N) is 1. The number of rotatable bonds is 10. The summed E-state index contributed by atoms with van der Waals surface area (Å²) in [4.78, 5) is 28.4. The second-order valence-electron chi connectivity index (χ2n) is 11.1. The van der Waals surface area contributed by atoms with Crippen molar-refractivity contribution < 1.29 is 14.7 Å². The number of hydrazine groups is 1. The van der Waals surface area contributed by atoms with E-state index in [1.165, 1.54) is 9.91 Å². The minimum atomic E-state index is -0.762. The molecule has 204 valence electrons. The van der Waals surface area contributed by atoms with E-state index in [4.69, 9.17) is 11.6 Å². The average molecular weight is 520 g/mol. The molecule has 2 aromatic carbocycles. The molecule has 1 saturated carbocycles. The van der Waals surface area contributed by atoms with Crippen molar-refractivity contribution in [2.45, 2.75) is 70.7 Å². The number of carbonyl (C=O) groups excluding carboxylic acids is 2. The predicted octanol–water partition coefficient (Wildman–Crippen LogP) is 2.77. The maximum absolute atomic E-state index is 13.6. The minimum absolute atomic E-state index is 0.102. The molecule has 4 rings (SSSR count). The van der Waals surface area contributed by atoms with Gasteiger partial charge in [0.05, 0.1) is 6.10 Å². The zero-order valence-electron chi connectivity index (χ0n) is 22.6. The van der Waals surface area contributed by atoms with Crippen molar-refractivity contribution in [3.05, 3.63) is 72.1 Å². The molecule has 0 radical (unpaired) electrons. The molecule has 1 saturated heterocycles. The lowest BCUT2D eigenvalue weighted by molar-refractivity contribution is -0.143. The first-order valence-electron chi connectivity index (χ1n) is 13.6. The second-order valence-corrected chi connectivity index (χ2v) is 11.1. The molecule has 2 amide bonds. The first kappa shape index (κ1) is 27.7. The van der Waals surface area contributed by atoms with Crippen molar-refractivity contribution in [1.29, 1.82) is 0 Å². The number of aliphatic hydroxyl groups is 1. The van der Waals surface area contributed by atoms with Crippen molar-refractivity contribution in [2.24, 2.45) is 23.4 Å². The molecule has 8 nitrogen and oxygen atoms in total. The van der Waals surface area contributed by atoms with Crippen LogP contribution in [-0.4, -0.2) is 57.6 Å². The number of aliphatic hydroxyl groups excluding tert-OH is 1. The minimum Gasteiger partial charge on any atom is -0.401 e. The molecule has 4 unspecified atom stereocenters. The predicted molar refractivity (Wildman–Crippen MR) is 149 cm³/mol. The summed E-state index contributed by atoms with van der Waals surface area (Å²) in [5, 5.41) is 14.8. The van der Waals surface area contributed by atoms with Crippen molar-refractivity contribution in [1.82, 2.24) is 15.2 Å². The van der Waals surface area contributed by atoms with Crippen LogP contribution in [0.15, 0.2) is 66.5 Å². The highest BCUT2D eigenvalue weighted by Gasteiger charge is 2.43. The molecule has 0 aromatic heterocycles. The summed E-state index contributed by atoms with van der Waals surface area (Å²) in [5.74, 6) is 5.96. The maximum atomic E-state index is 13.6. The van der Waals surface area contributed by atoms with E-state index in [-0.39, 0.29) is 36.7 Å². The molecule has 8 heteroatoms. The molecule has 0 spiro atoms. The Hall–Kier alpha value is -3.36. The van der Waals surface area contributed by atoms with E-state index >= 15 is 0 Å². The molecular weight excluding hydrogens is 478 g/mol. The SMILES string of the molecule is CC(Cc1ccc(-c2ccccc2)cc1)NC(=O)C1CC(O)CN1C(=O)C(C(C)C)N(N)/C=C(\N)C1CC1. The molecular formula is C30H41N5O3. The van der Waals surface area contributed by atoms with Gasteiger partial charge in [-0.3, -0.25) is 9.59 Å². The maximum Gasteiger partial charge on any atom is 0.247 e. The molecule has 4 atom stereocenters. The van der Waals surface area contributed by atoms with E-state index in [2.05, 4.69) is 41.7 Å². The van der Waals surface area contributed by atoms with Crippen LogP contribution in [0.3, 0.4) is 0 Å². The van der Waals surface area contributed by atoms with Crippen LogP contribution in [0.2, 0.25) is 0 Å². The highest BCUT2D eigenvalue weighted by Crippen LogP contribution is 2.34. The Kier molecular flexibility index (Phi) is 8.74. The van der Waals surface area contributed by atoms with Crippen LogP contribution in [0, 0.1) is 11.8 Å². The number of nitrogens with two attached hydrogens (primary N) is 2. The standard InChI is InChI=1S/C30H41N5O3/c1-19(2)28(35(32)18-26(31)24-13-14-24)30(38)34-17-25(36)16-27(34)29(37)33-20(3)15-21-9-11-23(12-10-21)22-7-5-4-6-8-22/h4-12,18-20,24-25,27-28,36H,13-17,31-32H2,1-3H3,(H,33,37)/b26-18-. The van der Waals surface area contributed by atoms with Crippen LogP contribution >= 0.6 is 0 Å². The molecule has 6 N–H and O–H groups in total. The number of benzene rings is 2. The number of amides is 2. The molecule has 1 aliphatic heterocycles. The molecule has 38 heavy (non-hydrogen) atoms. The van der Waals surface area contributed by atoms with Crippen LogP contribution in [0.5, 0.6) is 0 Å². The third-order valence-corrected chi connectivity index (χ3v) is 7.41. The van der Waals surface area contributed by atoms with Crippen LogP contribution in [0.4, 0.5) is 0 Å². The fourth-order valence-electron chi connectivity index (χ4n) is 5.21. The van der Waals surface area contributed by atoms with Crippen molar-refractivity contribution >= 4 is 11.8 Å². The third kappa shape index (κ3) is 6.74. The van der Waals surface area contributed by atoms with Crippen LogP contribution < -0.4 is 16.9 Å². The van der Waals surface area contributed by atoms with Gasteiger partial charge in [-0.15, -0.1) is 0 Å². The molecule has 1 heterocycles. The number of hydrogen-bond donors (Lipinski definition) is 4. The van der Waals surface area contributed by atoms with Gasteiger partial charge in [-0.25, -0.2) is 5.84 Å². The number of nitrogens with one attached hydrogen (secondary N) is 1. The summed E-state index contributed by atoms with van der Waals surface area (Å²) in [6.45, 7) is 5.88. The fourth-order valence-corrected chi connectivity index (χ4v) is 5.21. The van der Waals surface area contributed by atoms with E-state index in [1.807, 2.05) is 39.0 Å². The van der Waals surface area contributed by atoms with Gasteiger partial charge in [0, 0.05) is 36.8 Å². The van der Waals surface area contributed by atoms with Gasteiger partial charge < -0.3 is 26.1 Å². The quantitative estimate of drug-likeness (QED) is 0.283. The highest BCUT2D eigenvalue weighted by atomic mass is 16.3. The van der Waals surface area contributed by atoms with Crippen LogP contribution in [0.25, 0.3) is 11.1 Å². The largest absolute Gasteiger partial charge is 0.401 e. The van der Waals surface area contributed by atoms with Gasteiger partial charge in [0.25, 0.3) is 0 Å². The van der Waals surface area contributed by atoms with Gasteiger partial charge in [0.2, 0.25) is 11.8 Å². The fraction of sp³-hybridized carbons (Fsp3) is 0.467. The number of allylic oxidation sites excluding steroid dienone is 1. The van der Waals surface area contributed by atoms with E-state index in [0.29, 0.717) is 18.0 Å². The van der Waals surface area contributed by atoms with Gasteiger partial charge in [0.15, 0.2) is 0 Å². The lowest BCUT2D eigenvalue weighted by Gasteiger charge is -2.34. The summed E-state index contributed by atoms with van der Waals surface area (Å²) in [5.41, 5.74) is 10.2. The van der Waals surface area contributed by atoms with Gasteiger partial charge >= 0.3 is 0 Å². The first-order valence-corrected chi connectivity index (χ1v) is 13.6. The smallest absolute Gasteiger partial charge is 0.247 e. The Bertz CT molecular complexity index is 1130. The summed E-state index contributed by atoms with van der Waals surface area (Å²) < 4.78 is 0. The summed E-state index contributed by atoms with van der Waals surface area (Å²) in [6, 6.07) is 16.9. The first-order chi connectivity index (χ1) is 18.1. The van der Waals surface area contributed by atoms with Gasteiger partial charge in [-0.2, -0.15) is 0 Å². The summed E-state index contributed by atoms with van der Waals surface area (Å²) in [6.07, 6.45) is 3.80. The Balaban J connectivity index is 1.39. The molecule has 1 aliphatic carbocycles. The summed E-state index contributed by atoms with van der Waals surface area (Å²) in [7, 11) is 0. The molecule has 2 aliphatic rings. The monoisotopic (exact) mass is 519 g/mol. The van der Waals surface area contributed by atoms with Gasteiger partial charge in [-0.05, 0) is 48.8 Å². The Morgan fingerprint density at radius 1 is 1.08 bits per heavy atom. The van der Waals surface area contributed by atoms with E-state index in [0.717, 1.165) is 29.5 Å². The van der Waals surface area contributed by atoms with E-state index in [1.54, 1.807) is 6.20 Å². The van der Waals surface area contributed by atoms with Crippen molar-refractivity contribution in [3.63, 3.8) is 0 Å². The number of hydrogen-bond acceptors (Lipinski definition) is 6. The zero-order chi connectivity index (χ0) is 27.4. The van der Waals surface area contributed by atoms with Crippen molar-refractivity contribution in [3.8, 4) is 11.1 Å². The summed E-state index contributed by atoms with van der Waals surface area (Å²) >= 11 is 0. The highest BCUT2D eigenvalue weighted by molar-refractivity contribution is 5.91. The van der Waals surface area contributed by atoms with Crippen molar-refractivity contribution in [2.75, 3.05) is 6.54 Å². The Labute approximate surface area is 225 Å². The molecule has 2 fully saturated rings. The second kappa shape index (κ2) is 12.0. The van der Waals surface area contributed by atoms with Gasteiger partial charge in [-0.1, -0.05) is 68.4 Å². The number of likely N-dealkylation sites (tertiary alicyclic amines) is 1. The Morgan fingerprint density at radius 3 is 2.32 bits per heavy atom.